The van der Waals surface area contributed by atoms with Gasteiger partial charge in [-0.15, -0.1) is 0 Å². The number of carbonyl (C=O) groups is 2. The van der Waals surface area contributed by atoms with Crippen molar-refractivity contribution in [2.45, 2.75) is 51.6 Å². The van der Waals surface area contributed by atoms with E-state index >= 15 is 0 Å². The van der Waals surface area contributed by atoms with E-state index in [2.05, 4.69) is 15.8 Å². The molecule has 2 aromatic carbocycles. The fourth-order valence-electron chi connectivity index (χ4n) is 7.20. The Labute approximate surface area is 205 Å². The number of benzene rings is 2. The van der Waals surface area contributed by atoms with E-state index in [9.17, 15) is 9.59 Å². The number of para-hydroxylation sites is 1. The van der Waals surface area contributed by atoms with Gasteiger partial charge < -0.3 is 4.74 Å². The van der Waals surface area contributed by atoms with Crippen LogP contribution < -0.4 is 15.6 Å². The maximum Gasteiger partial charge on any atom is 0.269 e. The van der Waals surface area contributed by atoms with Gasteiger partial charge in [0.15, 0.2) is 0 Å². The van der Waals surface area contributed by atoms with Crippen LogP contribution in [0, 0.1) is 23.2 Å². The first-order valence-electron chi connectivity index (χ1n) is 12.7. The number of aromatic nitrogens is 1. The highest BCUT2D eigenvalue weighted by Gasteiger charge is 2.51. The smallest absolute Gasteiger partial charge is 0.269 e. The highest BCUT2D eigenvalue weighted by molar-refractivity contribution is 5.95. The van der Waals surface area contributed by atoms with Crippen molar-refractivity contribution in [2.24, 2.45) is 23.2 Å². The molecule has 6 heteroatoms. The third-order valence-corrected chi connectivity index (χ3v) is 8.22. The zero-order valence-electron chi connectivity index (χ0n) is 19.8. The minimum absolute atomic E-state index is 0.0750. The summed E-state index contributed by atoms with van der Waals surface area (Å²) in [5.41, 5.74) is 7.69. The highest BCUT2D eigenvalue weighted by Crippen LogP contribution is 2.61. The van der Waals surface area contributed by atoms with Crippen LogP contribution in [-0.2, 0) is 11.4 Å². The lowest BCUT2D eigenvalue weighted by Crippen LogP contribution is -2.50. The molecule has 0 unspecified atom stereocenters. The van der Waals surface area contributed by atoms with Crippen molar-refractivity contribution in [1.82, 2.24) is 15.8 Å². The molecule has 4 aliphatic carbocycles. The second-order valence-corrected chi connectivity index (χ2v) is 10.9. The quantitative estimate of drug-likeness (QED) is 0.488. The third kappa shape index (κ3) is 4.62. The lowest BCUT2D eigenvalue weighted by atomic mass is 9.49. The summed E-state index contributed by atoms with van der Waals surface area (Å²) in [6, 6.07) is 17.0. The molecular weight excluding hydrogens is 438 g/mol. The molecule has 3 aromatic rings. The first-order valence-corrected chi connectivity index (χ1v) is 12.7. The molecule has 180 valence electrons. The Morgan fingerprint density at radius 3 is 2.29 bits per heavy atom. The van der Waals surface area contributed by atoms with Crippen LogP contribution >= 0.6 is 0 Å². The van der Waals surface area contributed by atoms with Gasteiger partial charge in [0, 0.05) is 23.6 Å². The molecule has 35 heavy (non-hydrogen) atoms. The number of hydrogen-bond acceptors (Lipinski definition) is 4. The number of ether oxygens (including phenoxy) is 1. The summed E-state index contributed by atoms with van der Waals surface area (Å²) in [7, 11) is 0. The Bertz CT molecular complexity index is 1210. The van der Waals surface area contributed by atoms with E-state index in [4.69, 9.17) is 4.74 Å². The number of nitrogens with one attached hydrogen (secondary N) is 2. The van der Waals surface area contributed by atoms with E-state index in [1.165, 1.54) is 38.5 Å². The number of rotatable bonds is 6. The predicted octanol–water partition coefficient (Wildman–Crippen LogP) is 5.18. The first-order chi connectivity index (χ1) is 17.1. The Kier molecular flexibility index (Phi) is 5.67. The zero-order valence-corrected chi connectivity index (χ0v) is 19.8. The number of fused-ring (bicyclic) bond motifs is 1. The van der Waals surface area contributed by atoms with Crippen molar-refractivity contribution >= 4 is 22.7 Å². The van der Waals surface area contributed by atoms with Gasteiger partial charge in [-0.3, -0.25) is 25.4 Å². The normalized spacial score (nSPS) is 26.5. The Morgan fingerprint density at radius 1 is 0.886 bits per heavy atom. The fraction of sp³-hybridized carbons (Fsp3) is 0.414. The van der Waals surface area contributed by atoms with E-state index in [1.54, 1.807) is 18.3 Å². The second-order valence-electron chi connectivity index (χ2n) is 10.9. The van der Waals surface area contributed by atoms with Gasteiger partial charge in [-0.25, -0.2) is 0 Å². The lowest BCUT2D eigenvalue weighted by Gasteiger charge is -2.56. The van der Waals surface area contributed by atoms with Crippen LogP contribution in [0.4, 0.5) is 0 Å². The van der Waals surface area contributed by atoms with Crippen molar-refractivity contribution in [3.8, 4) is 5.75 Å². The van der Waals surface area contributed by atoms with Crippen LogP contribution in [0.3, 0.4) is 0 Å². The molecule has 4 saturated carbocycles. The molecule has 2 amide bonds. The summed E-state index contributed by atoms with van der Waals surface area (Å²) in [6.07, 6.45) is 9.89. The molecular formula is C29H31N3O3. The van der Waals surface area contributed by atoms with Crippen molar-refractivity contribution in [2.75, 3.05) is 0 Å². The maximum atomic E-state index is 12.7. The largest absolute Gasteiger partial charge is 0.487 e. The predicted molar refractivity (Wildman–Crippen MR) is 133 cm³/mol. The number of carbonyl (C=O) groups excluding carboxylic acids is 2. The minimum Gasteiger partial charge on any atom is -0.487 e. The second kappa shape index (κ2) is 8.99. The van der Waals surface area contributed by atoms with E-state index in [0.29, 0.717) is 18.6 Å². The van der Waals surface area contributed by atoms with Crippen LogP contribution in [0.25, 0.3) is 10.9 Å². The summed E-state index contributed by atoms with van der Waals surface area (Å²) in [6.45, 7) is 0.374. The molecule has 6 nitrogen and oxygen atoms in total. The molecule has 1 aromatic heterocycles. The summed E-state index contributed by atoms with van der Waals surface area (Å²) >= 11 is 0. The first kappa shape index (κ1) is 22.1. The fourth-order valence-corrected chi connectivity index (χ4v) is 7.20. The molecule has 0 spiro atoms. The van der Waals surface area contributed by atoms with Gasteiger partial charge in [-0.05, 0) is 91.5 Å². The number of pyridine rings is 1. The van der Waals surface area contributed by atoms with Crippen LogP contribution in [0.5, 0.6) is 5.75 Å². The number of hydrazine groups is 1. The Balaban J connectivity index is 1.01. The van der Waals surface area contributed by atoms with E-state index in [0.717, 1.165) is 40.0 Å². The average Bonchev–Trinajstić information content (AvgIpc) is 2.85. The summed E-state index contributed by atoms with van der Waals surface area (Å²) in [5.74, 6) is 2.77. The molecule has 0 radical (unpaired) electrons. The van der Waals surface area contributed by atoms with E-state index < -0.39 is 0 Å². The standard InChI is InChI=1S/C29H31N3O3/c33-26(17-29-14-20-11-21(15-29)13-22(12-20)16-29)31-32-28(34)24-8-6-19(7-9-24)18-35-25-5-1-3-23-4-2-10-30-27(23)25/h1-10,20-22H,11-18H2,(H,31,33)(H,32,34). The molecule has 4 aliphatic rings. The monoisotopic (exact) mass is 469 g/mol. The molecule has 0 atom stereocenters. The maximum absolute atomic E-state index is 12.7. The molecule has 4 bridgehead atoms. The van der Waals surface area contributed by atoms with Crippen molar-refractivity contribution < 1.29 is 14.3 Å². The summed E-state index contributed by atoms with van der Waals surface area (Å²) in [5, 5.41) is 1.03. The van der Waals surface area contributed by atoms with Gasteiger partial charge in [0.25, 0.3) is 5.91 Å². The molecule has 1 heterocycles. The number of nitrogens with zero attached hydrogens (tertiary/aromatic N) is 1. The number of amides is 2. The van der Waals surface area contributed by atoms with Crippen molar-refractivity contribution in [1.29, 1.82) is 0 Å². The number of hydrogen-bond donors (Lipinski definition) is 2. The van der Waals surface area contributed by atoms with Gasteiger partial charge >= 0.3 is 0 Å². The molecule has 4 fully saturated rings. The molecule has 0 saturated heterocycles. The van der Waals surface area contributed by atoms with Gasteiger partial charge in [0.05, 0.1) is 0 Å². The Hall–Kier alpha value is -3.41. The third-order valence-electron chi connectivity index (χ3n) is 8.22. The van der Waals surface area contributed by atoms with Crippen LogP contribution in [0.2, 0.25) is 0 Å². The Morgan fingerprint density at radius 2 is 1.57 bits per heavy atom. The van der Waals surface area contributed by atoms with E-state index in [1.807, 2.05) is 42.5 Å². The van der Waals surface area contributed by atoms with Crippen molar-refractivity contribution in [3.05, 3.63) is 71.9 Å². The van der Waals surface area contributed by atoms with Crippen molar-refractivity contribution in [3.63, 3.8) is 0 Å². The zero-order chi connectivity index (χ0) is 23.8. The lowest BCUT2D eigenvalue weighted by molar-refractivity contribution is -0.130. The topological polar surface area (TPSA) is 80.3 Å². The highest BCUT2D eigenvalue weighted by atomic mass is 16.5. The van der Waals surface area contributed by atoms with Crippen LogP contribution in [-0.4, -0.2) is 16.8 Å². The summed E-state index contributed by atoms with van der Waals surface area (Å²) < 4.78 is 5.98. The summed E-state index contributed by atoms with van der Waals surface area (Å²) in [4.78, 5) is 29.7. The molecule has 7 rings (SSSR count). The SMILES string of the molecule is O=C(CC12CC3CC(CC(C3)C1)C2)NNC(=O)c1ccc(COc2cccc3cccnc23)cc1. The van der Waals surface area contributed by atoms with Gasteiger partial charge in [0.2, 0.25) is 5.91 Å². The van der Waals surface area contributed by atoms with Gasteiger partial charge in [-0.1, -0.05) is 30.3 Å². The van der Waals surface area contributed by atoms with Crippen LogP contribution in [0.1, 0.15) is 60.9 Å². The molecule has 2 N–H and O–H groups in total. The average molecular weight is 470 g/mol. The molecule has 0 aliphatic heterocycles. The van der Waals surface area contributed by atoms with Gasteiger partial charge in [0.1, 0.15) is 17.9 Å². The minimum atomic E-state index is -0.311. The van der Waals surface area contributed by atoms with Gasteiger partial charge in [-0.2, -0.15) is 0 Å². The van der Waals surface area contributed by atoms with Crippen LogP contribution in [0.15, 0.2) is 60.8 Å². The van der Waals surface area contributed by atoms with E-state index in [-0.39, 0.29) is 17.2 Å².